The Kier molecular flexibility index (Phi) is 5.70. The van der Waals surface area contributed by atoms with Crippen molar-refractivity contribution >= 4 is 47.8 Å². The van der Waals surface area contributed by atoms with Gasteiger partial charge in [-0.3, -0.25) is 0 Å². The van der Waals surface area contributed by atoms with Crippen molar-refractivity contribution in [1.29, 1.82) is 0 Å². The molecule has 0 aliphatic heterocycles. The van der Waals surface area contributed by atoms with Crippen LogP contribution in [0.1, 0.15) is 6.42 Å². The SMILES string of the molecule is Br[CH]CC(Br)Br. The van der Waals surface area contributed by atoms with Gasteiger partial charge in [-0.05, 0) is 6.42 Å². The number of hydrogen-bond donors (Lipinski definition) is 0. The van der Waals surface area contributed by atoms with Crippen LogP contribution in [-0.2, 0) is 0 Å². The monoisotopic (exact) mass is 277 g/mol. The van der Waals surface area contributed by atoms with Gasteiger partial charge in [-0.25, -0.2) is 0 Å². The molecule has 0 heterocycles. The summed E-state index contributed by atoms with van der Waals surface area (Å²) in [5.74, 6) is 0. The zero-order valence-electron chi connectivity index (χ0n) is 3.00. The minimum atomic E-state index is 0.421. The number of alkyl halides is 2. The van der Waals surface area contributed by atoms with Gasteiger partial charge in [-0.2, -0.15) is 0 Å². The van der Waals surface area contributed by atoms with Gasteiger partial charge in [0.05, 0.1) is 3.74 Å². The van der Waals surface area contributed by atoms with E-state index in [0.29, 0.717) is 3.74 Å². The van der Waals surface area contributed by atoms with E-state index in [0.717, 1.165) is 6.42 Å². The van der Waals surface area contributed by atoms with Gasteiger partial charge in [0.1, 0.15) is 0 Å². The van der Waals surface area contributed by atoms with Crippen LogP contribution < -0.4 is 0 Å². The quantitative estimate of drug-likeness (QED) is 0.682. The normalized spacial score (nSPS) is 10.0. The van der Waals surface area contributed by atoms with Crippen LogP contribution in [-0.4, -0.2) is 3.74 Å². The predicted octanol–water partition coefficient (Wildman–Crippen LogP) is 3.05. The zero-order valence-corrected chi connectivity index (χ0v) is 7.75. The standard InChI is InChI=1S/C3H4Br3/c4-2-1-3(5)6/h2-3H,1H2. The first-order valence-electron chi connectivity index (χ1n) is 1.47. The maximum Gasteiger partial charge on any atom is 0.0709 e. The lowest BCUT2D eigenvalue weighted by atomic mass is 10.6. The second-order valence-corrected chi connectivity index (χ2v) is 4.87. The summed E-state index contributed by atoms with van der Waals surface area (Å²) in [7, 11) is 0. The lowest BCUT2D eigenvalue weighted by Crippen LogP contribution is -1.77. The molecule has 0 spiro atoms. The molecule has 3 heteroatoms. The van der Waals surface area contributed by atoms with Crippen molar-refractivity contribution in [2.24, 2.45) is 0 Å². The molecule has 0 amide bonds. The van der Waals surface area contributed by atoms with Gasteiger partial charge in [-0.1, -0.05) is 47.8 Å². The van der Waals surface area contributed by atoms with Gasteiger partial charge in [-0.15, -0.1) is 0 Å². The molecule has 0 aliphatic rings. The molecule has 0 unspecified atom stereocenters. The van der Waals surface area contributed by atoms with Crippen molar-refractivity contribution < 1.29 is 0 Å². The Hall–Kier alpha value is 1.44. The molecule has 0 atom stereocenters. The van der Waals surface area contributed by atoms with Crippen LogP contribution in [0.3, 0.4) is 0 Å². The molecule has 0 saturated carbocycles. The third-order valence-corrected chi connectivity index (χ3v) is 1.39. The molecule has 0 rings (SSSR count). The Morgan fingerprint density at radius 3 is 2.00 bits per heavy atom. The summed E-state index contributed by atoms with van der Waals surface area (Å²) in [5, 5.41) is 1.92. The first-order chi connectivity index (χ1) is 2.77. The summed E-state index contributed by atoms with van der Waals surface area (Å²) in [5.41, 5.74) is 0. The molecule has 0 aromatic rings. The highest BCUT2D eigenvalue weighted by atomic mass is 79.9. The first kappa shape index (κ1) is 7.44. The Morgan fingerprint density at radius 1 is 1.50 bits per heavy atom. The fraction of sp³-hybridized carbons (Fsp3) is 0.667. The number of hydrogen-bond acceptors (Lipinski definition) is 0. The highest BCUT2D eigenvalue weighted by molar-refractivity contribution is 9.24. The van der Waals surface area contributed by atoms with Crippen molar-refractivity contribution in [3.8, 4) is 0 Å². The van der Waals surface area contributed by atoms with E-state index in [9.17, 15) is 0 Å². The van der Waals surface area contributed by atoms with Gasteiger partial charge in [0.25, 0.3) is 0 Å². The number of halogens is 3. The lowest BCUT2D eigenvalue weighted by molar-refractivity contribution is 1.20. The van der Waals surface area contributed by atoms with Gasteiger partial charge in [0.15, 0.2) is 0 Å². The zero-order chi connectivity index (χ0) is 4.99. The van der Waals surface area contributed by atoms with Crippen LogP contribution in [0.4, 0.5) is 0 Å². The van der Waals surface area contributed by atoms with Crippen LogP contribution in [0, 0.1) is 5.33 Å². The molecular formula is C3H4Br3. The van der Waals surface area contributed by atoms with Crippen LogP contribution in [0.5, 0.6) is 0 Å². The van der Waals surface area contributed by atoms with Crippen LogP contribution in [0.25, 0.3) is 0 Å². The molecule has 0 bridgehead atoms. The van der Waals surface area contributed by atoms with Crippen LogP contribution in [0.2, 0.25) is 0 Å². The molecular weight excluding hydrogens is 276 g/mol. The Balaban J connectivity index is 2.63. The molecule has 0 aromatic carbocycles. The first-order valence-corrected chi connectivity index (χ1v) is 4.22. The molecule has 0 N–H and O–H groups in total. The highest BCUT2D eigenvalue weighted by Gasteiger charge is 1.91. The van der Waals surface area contributed by atoms with Gasteiger partial charge in [0.2, 0.25) is 0 Å². The average molecular weight is 280 g/mol. The topological polar surface area (TPSA) is 0 Å². The van der Waals surface area contributed by atoms with Crippen LogP contribution >= 0.6 is 47.8 Å². The Labute approximate surface area is 63.1 Å². The summed E-state index contributed by atoms with van der Waals surface area (Å²) in [6.07, 6.45) is 1.00. The van der Waals surface area contributed by atoms with E-state index in [4.69, 9.17) is 0 Å². The van der Waals surface area contributed by atoms with E-state index < -0.39 is 0 Å². The number of rotatable bonds is 2. The molecule has 0 saturated heterocycles. The molecule has 6 heavy (non-hydrogen) atoms. The van der Waals surface area contributed by atoms with Crippen LogP contribution in [0.15, 0.2) is 0 Å². The maximum atomic E-state index is 3.29. The highest BCUT2D eigenvalue weighted by Crippen LogP contribution is 2.15. The molecule has 0 aliphatic carbocycles. The van der Waals surface area contributed by atoms with Crippen molar-refractivity contribution in [2.75, 3.05) is 0 Å². The van der Waals surface area contributed by atoms with E-state index in [1.165, 1.54) is 0 Å². The molecule has 0 aromatic heterocycles. The van der Waals surface area contributed by atoms with E-state index in [1.807, 2.05) is 5.33 Å². The van der Waals surface area contributed by atoms with Crippen molar-refractivity contribution in [1.82, 2.24) is 0 Å². The van der Waals surface area contributed by atoms with E-state index in [1.54, 1.807) is 0 Å². The fourth-order valence-electron chi connectivity index (χ4n) is 0.0673. The summed E-state index contributed by atoms with van der Waals surface area (Å²) in [6.45, 7) is 0. The van der Waals surface area contributed by atoms with E-state index in [-0.39, 0.29) is 0 Å². The van der Waals surface area contributed by atoms with E-state index >= 15 is 0 Å². The third kappa shape index (κ3) is 5.44. The summed E-state index contributed by atoms with van der Waals surface area (Å²) in [6, 6.07) is 0. The van der Waals surface area contributed by atoms with Gasteiger partial charge in [0, 0.05) is 5.33 Å². The summed E-state index contributed by atoms with van der Waals surface area (Å²) in [4.78, 5) is 0. The summed E-state index contributed by atoms with van der Waals surface area (Å²) >= 11 is 9.74. The smallest absolute Gasteiger partial charge is 0.0709 e. The maximum absolute atomic E-state index is 3.29. The van der Waals surface area contributed by atoms with Crippen molar-refractivity contribution in [2.45, 2.75) is 10.2 Å². The average Bonchev–Trinajstić information content (AvgIpc) is 1.35. The van der Waals surface area contributed by atoms with Crippen molar-refractivity contribution in [3.63, 3.8) is 0 Å². The minimum Gasteiger partial charge on any atom is -0.0878 e. The minimum absolute atomic E-state index is 0.421. The molecule has 1 radical (unpaired) electrons. The Bertz CT molecular complexity index is 27.2. The van der Waals surface area contributed by atoms with Crippen molar-refractivity contribution in [3.05, 3.63) is 5.33 Å². The van der Waals surface area contributed by atoms with Gasteiger partial charge >= 0.3 is 0 Å². The molecule has 0 fully saturated rings. The fourth-order valence-corrected chi connectivity index (χ4v) is 1.82. The predicted molar refractivity (Wildman–Crippen MR) is 39.5 cm³/mol. The van der Waals surface area contributed by atoms with E-state index in [2.05, 4.69) is 47.8 Å². The lowest BCUT2D eigenvalue weighted by Gasteiger charge is -1.90. The molecule has 0 nitrogen and oxygen atoms in total. The molecule has 37 valence electrons. The second-order valence-electron chi connectivity index (χ2n) is 0.781. The second kappa shape index (κ2) is 4.60. The van der Waals surface area contributed by atoms with Gasteiger partial charge < -0.3 is 0 Å². The third-order valence-electron chi connectivity index (χ3n) is 0.267. The summed E-state index contributed by atoms with van der Waals surface area (Å²) < 4.78 is 0.421. The largest absolute Gasteiger partial charge is 0.0878 e. The Morgan fingerprint density at radius 2 is 2.00 bits per heavy atom.